The fraction of sp³-hybridized carbons (Fsp3) is 0.600. The summed E-state index contributed by atoms with van der Waals surface area (Å²) in [5.74, 6) is 2.06. The molecule has 1 unspecified atom stereocenters. The normalized spacial score (nSPS) is 19.0. The van der Waals surface area contributed by atoms with E-state index in [4.69, 9.17) is 10.3 Å². The highest BCUT2D eigenvalue weighted by atomic mass is 16.5. The van der Waals surface area contributed by atoms with Crippen molar-refractivity contribution >= 4 is 0 Å². The van der Waals surface area contributed by atoms with Gasteiger partial charge in [0.1, 0.15) is 0 Å². The highest BCUT2D eigenvalue weighted by molar-refractivity contribution is 5.07. The largest absolute Gasteiger partial charge is 0.339 e. The maximum Gasteiger partial charge on any atom is 0.230 e. The highest BCUT2D eigenvalue weighted by Gasteiger charge is 2.21. The molecule has 0 aliphatic heterocycles. The van der Waals surface area contributed by atoms with Crippen LogP contribution in [-0.4, -0.2) is 16.7 Å². The summed E-state index contributed by atoms with van der Waals surface area (Å²) in [7, 11) is 0. The van der Waals surface area contributed by atoms with E-state index in [1.165, 1.54) is 0 Å². The van der Waals surface area contributed by atoms with E-state index in [1.807, 2.05) is 6.92 Å². The Morgan fingerprint density at radius 3 is 2.93 bits per heavy atom. The first-order valence-electron chi connectivity index (χ1n) is 5.00. The van der Waals surface area contributed by atoms with Gasteiger partial charge in [-0.1, -0.05) is 24.2 Å². The lowest BCUT2D eigenvalue weighted by atomic mass is 10.1. The van der Waals surface area contributed by atoms with E-state index < -0.39 is 0 Å². The second-order valence-electron chi connectivity index (χ2n) is 3.77. The Labute approximate surface area is 83.2 Å². The molecule has 1 aliphatic rings. The summed E-state index contributed by atoms with van der Waals surface area (Å²) >= 11 is 0. The molecule has 4 heteroatoms. The summed E-state index contributed by atoms with van der Waals surface area (Å²) in [6.07, 6.45) is 6.33. The second-order valence-corrected chi connectivity index (χ2v) is 3.77. The Kier molecular flexibility index (Phi) is 2.63. The first-order chi connectivity index (χ1) is 6.81. The summed E-state index contributed by atoms with van der Waals surface area (Å²) in [5, 5.41) is 3.94. The van der Waals surface area contributed by atoms with Crippen LogP contribution in [0, 0.1) is 0 Å². The third-order valence-corrected chi connectivity index (χ3v) is 2.61. The molecule has 14 heavy (non-hydrogen) atoms. The molecule has 1 aromatic rings. The fourth-order valence-electron chi connectivity index (χ4n) is 1.54. The SMILES string of the molecule is CC(CN)c1noc(C2CC=CC2)n1. The van der Waals surface area contributed by atoms with E-state index in [0.717, 1.165) is 24.6 Å². The molecule has 0 radical (unpaired) electrons. The molecule has 1 heterocycles. The van der Waals surface area contributed by atoms with E-state index in [1.54, 1.807) is 0 Å². The zero-order valence-electron chi connectivity index (χ0n) is 8.31. The van der Waals surface area contributed by atoms with Crippen LogP contribution >= 0.6 is 0 Å². The van der Waals surface area contributed by atoms with Gasteiger partial charge in [-0.25, -0.2) is 0 Å². The van der Waals surface area contributed by atoms with E-state index >= 15 is 0 Å². The van der Waals surface area contributed by atoms with Crippen molar-refractivity contribution in [2.75, 3.05) is 6.54 Å². The van der Waals surface area contributed by atoms with Crippen molar-refractivity contribution in [3.8, 4) is 0 Å². The number of nitrogens with two attached hydrogens (primary N) is 1. The van der Waals surface area contributed by atoms with E-state index in [9.17, 15) is 0 Å². The van der Waals surface area contributed by atoms with Crippen LogP contribution in [0.4, 0.5) is 0 Å². The van der Waals surface area contributed by atoms with Gasteiger partial charge in [0.25, 0.3) is 0 Å². The minimum absolute atomic E-state index is 0.182. The third kappa shape index (κ3) is 1.70. The average molecular weight is 193 g/mol. The molecular formula is C10H15N3O. The Hall–Kier alpha value is -1.16. The average Bonchev–Trinajstić information content (AvgIpc) is 2.86. The monoisotopic (exact) mass is 193 g/mol. The van der Waals surface area contributed by atoms with Crippen molar-refractivity contribution < 1.29 is 4.52 Å². The van der Waals surface area contributed by atoms with Crippen LogP contribution in [0.3, 0.4) is 0 Å². The number of aromatic nitrogens is 2. The van der Waals surface area contributed by atoms with Gasteiger partial charge in [-0.2, -0.15) is 4.98 Å². The van der Waals surface area contributed by atoms with Crippen LogP contribution in [0.1, 0.15) is 43.3 Å². The number of rotatable bonds is 3. The van der Waals surface area contributed by atoms with Gasteiger partial charge in [-0.05, 0) is 12.8 Å². The third-order valence-electron chi connectivity index (χ3n) is 2.61. The molecule has 1 atom stereocenters. The van der Waals surface area contributed by atoms with Crippen LogP contribution in [0.25, 0.3) is 0 Å². The number of hydrogen-bond acceptors (Lipinski definition) is 4. The van der Waals surface area contributed by atoms with E-state index in [0.29, 0.717) is 12.5 Å². The lowest BCUT2D eigenvalue weighted by Gasteiger charge is -2.01. The molecule has 0 bridgehead atoms. The quantitative estimate of drug-likeness (QED) is 0.740. The first kappa shape index (κ1) is 9.40. The zero-order chi connectivity index (χ0) is 9.97. The topological polar surface area (TPSA) is 64.9 Å². The minimum atomic E-state index is 0.182. The summed E-state index contributed by atoms with van der Waals surface area (Å²) in [6.45, 7) is 2.56. The minimum Gasteiger partial charge on any atom is -0.339 e. The van der Waals surface area contributed by atoms with Gasteiger partial charge in [0.05, 0.1) is 0 Å². The maximum absolute atomic E-state index is 5.53. The number of hydrogen-bond donors (Lipinski definition) is 1. The van der Waals surface area contributed by atoms with Gasteiger partial charge in [-0.3, -0.25) is 0 Å². The molecule has 0 saturated heterocycles. The van der Waals surface area contributed by atoms with E-state index in [2.05, 4.69) is 22.3 Å². The van der Waals surface area contributed by atoms with Crippen molar-refractivity contribution in [1.82, 2.24) is 10.1 Å². The zero-order valence-corrected chi connectivity index (χ0v) is 8.31. The molecule has 1 aromatic heterocycles. The summed E-state index contributed by atoms with van der Waals surface area (Å²) in [6, 6.07) is 0. The van der Waals surface area contributed by atoms with Crippen LogP contribution in [0.15, 0.2) is 16.7 Å². The van der Waals surface area contributed by atoms with Gasteiger partial charge in [0, 0.05) is 18.4 Å². The maximum atomic E-state index is 5.53. The molecule has 0 aromatic carbocycles. The van der Waals surface area contributed by atoms with Crippen LogP contribution in [0.2, 0.25) is 0 Å². The second kappa shape index (κ2) is 3.92. The van der Waals surface area contributed by atoms with Crippen molar-refractivity contribution in [2.45, 2.75) is 31.6 Å². The molecular weight excluding hydrogens is 178 g/mol. The summed E-state index contributed by atoms with van der Waals surface area (Å²) in [5.41, 5.74) is 5.53. The lowest BCUT2D eigenvalue weighted by molar-refractivity contribution is 0.351. The lowest BCUT2D eigenvalue weighted by Crippen LogP contribution is -2.10. The van der Waals surface area contributed by atoms with Gasteiger partial charge in [0.2, 0.25) is 5.89 Å². The Morgan fingerprint density at radius 1 is 1.57 bits per heavy atom. The van der Waals surface area contributed by atoms with E-state index in [-0.39, 0.29) is 5.92 Å². The first-order valence-corrected chi connectivity index (χ1v) is 5.00. The van der Waals surface area contributed by atoms with Gasteiger partial charge in [-0.15, -0.1) is 0 Å². The van der Waals surface area contributed by atoms with Crippen molar-refractivity contribution in [2.24, 2.45) is 5.73 Å². The number of nitrogens with zero attached hydrogens (tertiary/aromatic N) is 2. The number of allylic oxidation sites excluding steroid dienone is 2. The molecule has 76 valence electrons. The van der Waals surface area contributed by atoms with Crippen molar-refractivity contribution in [1.29, 1.82) is 0 Å². The molecule has 4 nitrogen and oxygen atoms in total. The standard InChI is InChI=1S/C10H15N3O/c1-7(6-11)9-12-10(14-13-9)8-4-2-3-5-8/h2-3,7-8H,4-6,11H2,1H3. The Balaban J connectivity index is 2.09. The van der Waals surface area contributed by atoms with Crippen molar-refractivity contribution in [3.05, 3.63) is 23.9 Å². The predicted molar refractivity (Wildman–Crippen MR) is 52.9 cm³/mol. The molecule has 1 aliphatic carbocycles. The Morgan fingerprint density at radius 2 is 2.29 bits per heavy atom. The fourth-order valence-corrected chi connectivity index (χ4v) is 1.54. The summed E-state index contributed by atoms with van der Waals surface area (Å²) < 4.78 is 5.21. The molecule has 0 saturated carbocycles. The van der Waals surface area contributed by atoms with Crippen LogP contribution in [-0.2, 0) is 0 Å². The summed E-state index contributed by atoms with van der Waals surface area (Å²) in [4.78, 5) is 4.37. The van der Waals surface area contributed by atoms with Crippen LogP contribution in [0.5, 0.6) is 0 Å². The molecule has 2 rings (SSSR count). The molecule has 0 amide bonds. The van der Waals surface area contributed by atoms with Gasteiger partial charge >= 0.3 is 0 Å². The smallest absolute Gasteiger partial charge is 0.230 e. The van der Waals surface area contributed by atoms with Crippen LogP contribution < -0.4 is 5.73 Å². The highest BCUT2D eigenvalue weighted by Crippen LogP contribution is 2.28. The van der Waals surface area contributed by atoms with Crippen molar-refractivity contribution in [3.63, 3.8) is 0 Å². The molecule has 0 spiro atoms. The van der Waals surface area contributed by atoms with Gasteiger partial charge in [0.15, 0.2) is 5.82 Å². The van der Waals surface area contributed by atoms with Gasteiger partial charge < -0.3 is 10.3 Å². The predicted octanol–water partition coefficient (Wildman–Crippen LogP) is 1.57. The Bertz CT molecular complexity index is 324. The molecule has 2 N–H and O–H groups in total. The molecule has 0 fully saturated rings.